The van der Waals surface area contributed by atoms with E-state index in [0.29, 0.717) is 16.7 Å². The Morgan fingerprint density at radius 3 is 2.28 bits per heavy atom. The van der Waals surface area contributed by atoms with Crippen LogP contribution in [0.15, 0.2) is 36.7 Å². The summed E-state index contributed by atoms with van der Waals surface area (Å²) in [6.45, 7) is 1.91. The molecule has 18 heavy (non-hydrogen) atoms. The van der Waals surface area contributed by atoms with Gasteiger partial charge in [0, 0.05) is 24.0 Å². The minimum atomic E-state index is 0.439. The topological polar surface area (TPSA) is 47.0 Å². The average Bonchev–Trinajstić information content (AvgIpc) is 2.32. The predicted molar refractivity (Wildman–Crippen MR) is 69.2 cm³/mol. The van der Waals surface area contributed by atoms with Crippen molar-refractivity contribution in [3.8, 4) is 11.5 Å². The summed E-state index contributed by atoms with van der Waals surface area (Å²) < 4.78 is 5.62. The largest absolute Gasteiger partial charge is 0.454 e. The molecule has 0 saturated carbocycles. The van der Waals surface area contributed by atoms with Crippen LogP contribution in [0.5, 0.6) is 11.5 Å². The van der Waals surface area contributed by atoms with Gasteiger partial charge in [-0.05, 0) is 24.3 Å². The van der Waals surface area contributed by atoms with Crippen LogP contribution in [-0.2, 0) is 0 Å². The maximum Gasteiger partial charge on any atom is 0.164 e. The molecule has 0 bridgehead atoms. The van der Waals surface area contributed by atoms with Gasteiger partial charge in [-0.3, -0.25) is 0 Å². The quantitative estimate of drug-likeness (QED) is 0.923. The third-order valence-electron chi connectivity index (χ3n) is 2.84. The molecule has 1 aromatic heterocycles. The lowest BCUT2D eigenvalue weighted by Gasteiger charge is -2.25. The van der Waals surface area contributed by atoms with Gasteiger partial charge in [-0.25, -0.2) is 9.97 Å². The van der Waals surface area contributed by atoms with E-state index in [0.717, 1.165) is 24.7 Å². The van der Waals surface area contributed by atoms with Crippen LogP contribution in [-0.4, -0.2) is 23.1 Å². The van der Waals surface area contributed by atoms with Gasteiger partial charge in [0.1, 0.15) is 11.6 Å². The molecular formula is C13H12ClN3O. The smallest absolute Gasteiger partial charge is 0.164 e. The number of hydrogen-bond acceptors (Lipinski definition) is 4. The van der Waals surface area contributed by atoms with Crippen LogP contribution < -0.4 is 10.1 Å². The highest BCUT2D eigenvalue weighted by Gasteiger charge is 2.21. The standard InChI is InChI=1S/C13H12ClN3O/c14-10-1-3-11(4-2-10)18-12-7-16-13(17-8-12)9-5-15-6-9/h1-4,7-9,15H,5-6H2. The molecule has 0 spiro atoms. The van der Waals surface area contributed by atoms with Crippen molar-refractivity contribution in [2.75, 3.05) is 13.1 Å². The Balaban J connectivity index is 1.70. The van der Waals surface area contributed by atoms with Crippen LogP contribution in [0.25, 0.3) is 0 Å². The Labute approximate surface area is 110 Å². The minimum absolute atomic E-state index is 0.439. The molecule has 2 aromatic rings. The Kier molecular flexibility index (Phi) is 3.13. The van der Waals surface area contributed by atoms with Crippen LogP contribution in [0.2, 0.25) is 5.02 Å². The Hall–Kier alpha value is -1.65. The summed E-state index contributed by atoms with van der Waals surface area (Å²) >= 11 is 5.81. The molecular weight excluding hydrogens is 250 g/mol. The Morgan fingerprint density at radius 2 is 1.72 bits per heavy atom. The zero-order valence-corrected chi connectivity index (χ0v) is 10.4. The van der Waals surface area contributed by atoms with Crippen molar-refractivity contribution in [2.24, 2.45) is 0 Å². The van der Waals surface area contributed by atoms with Gasteiger partial charge < -0.3 is 10.1 Å². The molecule has 0 radical (unpaired) electrons. The number of halogens is 1. The number of rotatable bonds is 3. The monoisotopic (exact) mass is 261 g/mol. The van der Waals surface area contributed by atoms with Gasteiger partial charge in [-0.2, -0.15) is 0 Å². The summed E-state index contributed by atoms with van der Waals surface area (Å²) in [7, 11) is 0. The second kappa shape index (κ2) is 4.92. The molecule has 1 aliphatic heterocycles. The normalized spacial score (nSPS) is 15.2. The lowest BCUT2D eigenvalue weighted by Crippen LogP contribution is -2.40. The fraction of sp³-hybridized carbons (Fsp3) is 0.231. The van der Waals surface area contributed by atoms with Gasteiger partial charge in [0.05, 0.1) is 12.4 Å². The molecule has 1 aliphatic rings. The van der Waals surface area contributed by atoms with Gasteiger partial charge in [0.15, 0.2) is 5.75 Å². The summed E-state index contributed by atoms with van der Waals surface area (Å²) in [6, 6.07) is 7.19. The van der Waals surface area contributed by atoms with E-state index in [9.17, 15) is 0 Å². The molecule has 2 heterocycles. The van der Waals surface area contributed by atoms with E-state index in [1.54, 1.807) is 24.5 Å². The third kappa shape index (κ3) is 2.44. The summed E-state index contributed by atoms with van der Waals surface area (Å²) in [5.41, 5.74) is 0. The molecule has 1 aromatic carbocycles. The zero-order valence-electron chi connectivity index (χ0n) is 9.64. The average molecular weight is 262 g/mol. The molecule has 0 aliphatic carbocycles. The molecule has 3 rings (SSSR count). The van der Waals surface area contributed by atoms with Gasteiger partial charge in [0.25, 0.3) is 0 Å². The van der Waals surface area contributed by atoms with Gasteiger partial charge >= 0.3 is 0 Å². The van der Waals surface area contributed by atoms with Crippen molar-refractivity contribution in [3.05, 3.63) is 47.5 Å². The highest BCUT2D eigenvalue weighted by atomic mass is 35.5. The summed E-state index contributed by atoms with van der Waals surface area (Å²) in [5.74, 6) is 2.67. The van der Waals surface area contributed by atoms with Gasteiger partial charge in [0.2, 0.25) is 0 Å². The number of aromatic nitrogens is 2. The summed E-state index contributed by atoms with van der Waals surface area (Å²) in [6.07, 6.45) is 3.41. The lowest BCUT2D eigenvalue weighted by molar-refractivity contribution is 0.424. The first-order chi connectivity index (χ1) is 8.81. The maximum absolute atomic E-state index is 5.81. The van der Waals surface area contributed by atoms with E-state index in [1.807, 2.05) is 12.1 Å². The zero-order chi connectivity index (χ0) is 12.4. The van der Waals surface area contributed by atoms with Crippen LogP contribution in [0.4, 0.5) is 0 Å². The first-order valence-electron chi connectivity index (χ1n) is 5.77. The minimum Gasteiger partial charge on any atom is -0.454 e. The number of nitrogens with one attached hydrogen (secondary N) is 1. The first-order valence-corrected chi connectivity index (χ1v) is 6.15. The molecule has 1 N–H and O–H groups in total. The second-order valence-electron chi connectivity index (χ2n) is 4.19. The lowest BCUT2D eigenvalue weighted by atomic mass is 10.0. The van der Waals surface area contributed by atoms with Crippen molar-refractivity contribution in [1.29, 1.82) is 0 Å². The van der Waals surface area contributed by atoms with E-state index >= 15 is 0 Å². The van der Waals surface area contributed by atoms with Crippen LogP contribution in [0.1, 0.15) is 11.7 Å². The fourth-order valence-electron chi connectivity index (χ4n) is 1.70. The molecule has 0 unspecified atom stereocenters. The number of ether oxygens (including phenoxy) is 1. The number of hydrogen-bond donors (Lipinski definition) is 1. The highest BCUT2D eigenvalue weighted by Crippen LogP contribution is 2.23. The van der Waals surface area contributed by atoms with Crippen LogP contribution >= 0.6 is 11.6 Å². The fourth-order valence-corrected chi connectivity index (χ4v) is 1.83. The van der Waals surface area contributed by atoms with Crippen LogP contribution in [0, 0.1) is 0 Å². The van der Waals surface area contributed by atoms with E-state index in [2.05, 4.69) is 15.3 Å². The van der Waals surface area contributed by atoms with Crippen molar-refractivity contribution in [1.82, 2.24) is 15.3 Å². The molecule has 0 atom stereocenters. The van der Waals surface area contributed by atoms with E-state index in [1.165, 1.54) is 0 Å². The summed E-state index contributed by atoms with van der Waals surface area (Å²) in [5, 5.41) is 3.88. The third-order valence-corrected chi connectivity index (χ3v) is 3.10. The van der Waals surface area contributed by atoms with Crippen molar-refractivity contribution in [3.63, 3.8) is 0 Å². The maximum atomic E-state index is 5.81. The highest BCUT2D eigenvalue weighted by molar-refractivity contribution is 6.30. The molecule has 1 fully saturated rings. The molecule has 0 amide bonds. The van der Waals surface area contributed by atoms with E-state index in [-0.39, 0.29) is 0 Å². The SMILES string of the molecule is Clc1ccc(Oc2cnc(C3CNC3)nc2)cc1. The molecule has 1 saturated heterocycles. The van der Waals surface area contributed by atoms with Crippen molar-refractivity contribution < 1.29 is 4.74 Å². The molecule has 5 heteroatoms. The van der Waals surface area contributed by atoms with E-state index in [4.69, 9.17) is 16.3 Å². The van der Waals surface area contributed by atoms with Crippen molar-refractivity contribution in [2.45, 2.75) is 5.92 Å². The summed E-state index contributed by atoms with van der Waals surface area (Å²) in [4.78, 5) is 8.62. The first kappa shape index (κ1) is 11.4. The van der Waals surface area contributed by atoms with Gasteiger partial charge in [-0.15, -0.1) is 0 Å². The number of nitrogens with zero attached hydrogens (tertiary/aromatic N) is 2. The van der Waals surface area contributed by atoms with Crippen molar-refractivity contribution >= 4 is 11.6 Å². The second-order valence-corrected chi connectivity index (χ2v) is 4.62. The molecule has 4 nitrogen and oxygen atoms in total. The Bertz CT molecular complexity index is 523. The predicted octanol–water partition coefficient (Wildman–Crippen LogP) is 2.61. The van der Waals surface area contributed by atoms with E-state index < -0.39 is 0 Å². The Morgan fingerprint density at radius 1 is 1.06 bits per heavy atom. The van der Waals surface area contributed by atoms with Gasteiger partial charge in [-0.1, -0.05) is 11.6 Å². The molecule has 92 valence electrons. The number of benzene rings is 1. The van der Waals surface area contributed by atoms with Crippen LogP contribution in [0.3, 0.4) is 0 Å².